The number of aromatic amines is 1. The molecule has 1 amide bonds. The van der Waals surface area contributed by atoms with Gasteiger partial charge in [-0.05, 0) is 19.1 Å². The number of carbonyl (C=O) groups is 1. The highest BCUT2D eigenvalue weighted by atomic mass is 32.1. The van der Waals surface area contributed by atoms with Gasteiger partial charge < -0.3 is 14.6 Å². The van der Waals surface area contributed by atoms with E-state index in [1.807, 2.05) is 6.92 Å². The molecule has 0 saturated heterocycles. The molecule has 7 nitrogen and oxygen atoms in total. The number of likely N-dealkylation sites (N-methyl/N-ethyl adjacent to an activating group) is 1. The molecule has 0 radical (unpaired) electrons. The van der Waals surface area contributed by atoms with Gasteiger partial charge in [0.1, 0.15) is 18.4 Å². The van der Waals surface area contributed by atoms with Gasteiger partial charge in [0.15, 0.2) is 10.4 Å². The van der Waals surface area contributed by atoms with Crippen LogP contribution in [0.3, 0.4) is 0 Å². The van der Waals surface area contributed by atoms with E-state index in [2.05, 4.69) is 15.0 Å². The molecule has 0 saturated carbocycles. The number of hydrogen-bond donors (Lipinski definition) is 1. The monoisotopic (exact) mass is 281 g/mol. The molecule has 0 aliphatic carbocycles. The predicted molar refractivity (Wildman–Crippen MR) is 72.6 cm³/mol. The SMILES string of the molecule is CCN(C)C(=O)Cn1c(=S)[nH]c2c(OC)ncnc21. The van der Waals surface area contributed by atoms with Crippen molar-refractivity contribution in [1.82, 2.24) is 24.4 Å². The van der Waals surface area contributed by atoms with Crippen LogP contribution in [0.25, 0.3) is 11.2 Å². The van der Waals surface area contributed by atoms with E-state index in [0.29, 0.717) is 28.4 Å². The third-order valence-corrected chi connectivity index (χ3v) is 3.23. The summed E-state index contributed by atoms with van der Waals surface area (Å²) < 4.78 is 7.20. The lowest BCUT2D eigenvalue weighted by Crippen LogP contribution is -2.30. The number of H-pyrrole nitrogens is 1. The summed E-state index contributed by atoms with van der Waals surface area (Å²) in [5.41, 5.74) is 1.16. The van der Waals surface area contributed by atoms with Gasteiger partial charge in [0.05, 0.1) is 7.11 Å². The van der Waals surface area contributed by atoms with Gasteiger partial charge in [0.25, 0.3) is 0 Å². The topological polar surface area (TPSA) is 76.0 Å². The Morgan fingerprint density at radius 2 is 2.32 bits per heavy atom. The normalized spacial score (nSPS) is 10.7. The van der Waals surface area contributed by atoms with Gasteiger partial charge in [-0.1, -0.05) is 0 Å². The average Bonchev–Trinajstić information content (AvgIpc) is 2.74. The third kappa shape index (κ3) is 2.43. The summed E-state index contributed by atoms with van der Waals surface area (Å²) in [4.78, 5) is 24.7. The standard InChI is InChI=1S/C11H15N5O2S/c1-4-15(2)7(17)5-16-9-8(14-11(16)19)10(18-3)13-6-12-9/h6H,4-5H2,1-3H3,(H,14,19). The molecule has 2 rings (SSSR count). The van der Waals surface area contributed by atoms with Crippen LogP contribution in [0, 0.1) is 4.77 Å². The molecule has 19 heavy (non-hydrogen) atoms. The van der Waals surface area contributed by atoms with Crippen LogP contribution in [0.5, 0.6) is 5.88 Å². The third-order valence-electron chi connectivity index (χ3n) is 2.91. The summed E-state index contributed by atoms with van der Waals surface area (Å²) in [5, 5.41) is 0. The van der Waals surface area contributed by atoms with Crippen LogP contribution in [0.1, 0.15) is 6.92 Å². The predicted octanol–water partition coefficient (Wildman–Crippen LogP) is 0.976. The Bertz CT molecular complexity index is 663. The fourth-order valence-electron chi connectivity index (χ4n) is 1.68. The van der Waals surface area contributed by atoms with Crippen molar-refractivity contribution in [2.24, 2.45) is 0 Å². The number of rotatable bonds is 4. The molecular formula is C11H15N5O2S. The molecule has 2 aromatic rings. The molecule has 0 spiro atoms. The van der Waals surface area contributed by atoms with Crippen molar-refractivity contribution >= 4 is 29.3 Å². The van der Waals surface area contributed by atoms with Gasteiger partial charge in [-0.3, -0.25) is 9.36 Å². The molecule has 0 unspecified atom stereocenters. The number of hydrogen-bond acceptors (Lipinski definition) is 5. The summed E-state index contributed by atoms with van der Waals surface area (Å²) in [6.45, 7) is 2.70. The molecular weight excluding hydrogens is 266 g/mol. The van der Waals surface area contributed by atoms with E-state index in [-0.39, 0.29) is 12.5 Å². The minimum absolute atomic E-state index is 0.0305. The van der Waals surface area contributed by atoms with E-state index in [0.717, 1.165) is 0 Å². The average molecular weight is 281 g/mol. The second-order valence-corrected chi connectivity index (χ2v) is 4.39. The molecule has 2 heterocycles. The molecule has 0 fully saturated rings. The Hall–Kier alpha value is -1.96. The van der Waals surface area contributed by atoms with Crippen LogP contribution >= 0.6 is 12.2 Å². The van der Waals surface area contributed by atoms with Crippen LogP contribution < -0.4 is 4.74 Å². The van der Waals surface area contributed by atoms with E-state index in [9.17, 15) is 4.79 Å². The van der Waals surface area contributed by atoms with Crippen molar-refractivity contribution in [3.8, 4) is 5.88 Å². The molecule has 0 bridgehead atoms. The van der Waals surface area contributed by atoms with Gasteiger partial charge in [0, 0.05) is 13.6 Å². The van der Waals surface area contributed by atoms with E-state index in [4.69, 9.17) is 17.0 Å². The number of methoxy groups -OCH3 is 1. The lowest BCUT2D eigenvalue weighted by molar-refractivity contribution is -0.130. The summed E-state index contributed by atoms with van der Waals surface area (Å²) in [6, 6.07) is 0. The van der Waals surface area contributed by atoms with Crippen LogP contribution in [0.15, 0.2) is 6.33 Å². The largest absolute Gasteiger partial charge is 0.479 e. The first kappa shape index (κ1) is 13.5. The number of fused-ring (bicyclic) bond motifs is 1. The molecule has 0 aliphatic heterocycles. The molecule has 8 heteroatoms. The van der Waals surface area contributed by atoms with Crippen molar-refractivity contribution in [3.63, 3.8) is 0 Å². The van der Waals surface area contributed by atoms with E-state index in [1.54, 1.807) is 16.5 Å². The first-order valence-corrected chi connectivity index (χ1v) is 6.20. The first-order valence-electron chi connectivity index (χ1n) is 5.80. The van der Waals surface area contributed by atoms with Gasteiger partial charge in [-0.2, -0.15) is 4.98 Å². The number of amides is 1. The summed E-state index contributed by atoms with van der Waals surface area (Å²) in [6.07, 6.45) is 1.38. The molecule has 1 N–H and O–H groups in total. The molecule has 102 valence electrons. The maximum atomic E-state index is 12.0. The number of aromatic nitrogens is 4. The highest BCUT2D eigenvalue weighted by Crippen LogP contribution is 2.19. The second-order valence-electron chi connectivity index (χ2n) is 4.01. The smallest absolute Gasteiger partial charge is 0.242 e. The number of nitrogens with zero attached hydrogens (tertiary/aromatic N) is 4. The minimum atomic E-state index is -0.0305. The minimum Gasteiger partial charge on any atom is -0.479 e. The zero-order valence-electron chi connectivity index (χ0n) is 11.0. The van der Waals surface area contributed by atoms with Gasteiger partial charge in [0.2, 0.25) is 11.8 Å². The van der Waals surface area contributed by atoms with E-state index in [1.165, 1.54) is 13.4 Å². The lowest BCUT2D eigenvalue weighted by atomic mass is 10.4. The van der Waals surface area contributed by atoms with Crippen LogP contribution in [0.2, 0.25) is 0 Å². The lowest BCUT2D eigenvalue weighted by Gasteiger charge is -2.14. The van der Waals surface area contributed by atoms with E-state index >= 15 is 0 Å². The fraction of sp³-hybridized carbons (Fsp3) is 0.455. The Kier molecular flexibility index (Phi) is 3.79. The summed E-state index contributed by atoms with van der Waals surface area (Å²) in [7, 11) is 3.27. The molecule has 0 aromatic carbocycles. The highest BCUT2D eigenvalue weighted by molar-refractivity contribution is 7.71. The van der Waals surface area contributed by atoms with Crippen molar-refractivity contribution < 1.29 is 9.53 Å². The molecule has 0 aliphatic rings. The number of carbonyl (C=O) groups excluding carboxylic acids is 1. The van der Waals surface area contributed by atoms with Crippen molar-refractivity contribution in [1.29, 1.82) is 0 Å². The number of nitrogens with one attached hydrogen (secondary N) is 1. The number of imidazole rings is 1. The quantitative estimate of drug-likeness (QED) is 0.845. The fourth-order valence-corrected chi connectivity index (χ4v) is 1.93. The second kappa shape index (κ2) is 5.35. The maximum Gasteiger partial charge on any atom is 0.242 e. The molecule has 0 atom stereocenters. The Morgan fingerprint density at radius 3 is 2.95 bits per heavy atom. The van der Waals surface area contributed by atoms with Gasteiger partial charge >= 0.3 is 0 Å². The Labute approximate surface area is 115 Å². The highest BCUT2D eigenvalue weighted by Gasteiger charge is 2.15. The number of ether oxygens (including phenoxy) is 1. The van der Waals surface area contributed by atoms with Gasteiger partial charge in [-0.15, -0.1) is 0 Å². The van der Waals surface area contributed by atoms with Crippen molar-refractivity contribution in [2.45, 2.75) is 13.5 Å². The van der Waals surface area contributed by atoms with Crippen molar-refractivity contribution in [3.05, 3.63) is 11.1 Å². The first-order chi connectivity index (χ1) is 9.08. The maximum absolute atomic E-state index is 12.0. The zero-order valence-corrected chi connectivity index (χ0v) is 11.8. The van der Waals surface area contributed by atoms with Crippen LogP contribution in [-0.4, -0.2) is 51.0 Å². The van der Waals surface area contributed by atoms with Crippen LogP contribution in [-0.2, 0) is 11.3 Å². The molecule has 2 aromatic heterocycles. The van der Waals surface area contributed by atoms with Gasteiger partial charge in [-0.25, -0.2) is 4.98 Å². The Balaban J connectivity index is 2.47. The summed E-state index contributed by atoms with van der Waals surface area (Å²) in [5.74, 6) is 0.378. The van der Waals surface area contributed by atoms with E-state index < -0.39 is 0 Å². The zero-order chi connectivity index (χ0) is 14.0. The van der Waals surface area contributed by atoms with Crippen LogP contribution in [0.4, 0.5) is 0 Å². The summed E-state index contributed by atoms with van der Waals surface area (Å²) >= 11 is 5.21. The Morgan fingerprint density at radius 1 is 1.58 bits per heavy atom. The van der Waals surface area contributed by atoms with Crippen molar-refractivity contribution in [2.75, 3.05) is 20.7 Å².